The van der Waals surface area contributed by atoms with E-state index in [2.05, 4.69) is 12.2 Å². The number of rotatable bonds is 6. The minimum Gasteiger partial charge on any atom is -0.494 e. The molecule has 1 saturated heterocycles. The van der Waals surface area contributed by atoms with Gasteiger partial charge in [-0.05, 0) is 44.9 Å². The predicted molar refractivity (Wildman–Crippen MR) is 76.8 cm³/mol. The molecule has 0 aliphatic carbocycles. The van der Waals surface area contributed by atoms with Gasteiger partial charge >= 0.3 is 0 Å². The van der Waals surface area contributed by atoms with Crippen molar-refractivity contribution in [3.8, 4) is 5.75 Å². The summed E-state index contributed by atoms with van der Waals surface area (Å²) in [7, 11) is 0. The number of hydrogen-bond acceptors (Lipinski definition) is 3. The summed E-state index contributed by atoms with van der Waals surface area (Å²) in [4.78, 5) is 12.8. The molecule has 1 aromatic carbocycles. The van der Waals surface area contributed by atoms with Gasteiger partial charge in [0.05, 0.1) is 12.1 Å². The number of hydrogen-bond donors (Lipinski definition) is 1. The third kappa shape index (κ3) is 2.98. The van der Waals surface area contributed by atoms with Crippen molar-refractivity contribution in [2.24, 2.45) is 0 Å². The Labute approximate surface area is 115 Å². The Bertz CT molecular complexity index is 436. The fourth-order valence-corrected chi connectivity index (χ4v) is 2.92. The molecule has 0 amide bonds. The predicted octanol–water partition coefficient (Wildman–Crippen LogP) is 3.19. The van der Waals surface area contributed by atoms with E-state index < -0.39 is 0 Å². The molecule has 0 aromatic heterocycles. The molecule has 1 aliphatic rings. The van der Waals surface area contributed by atoms with Crippen molar-refractivity contribution in [1.82, 2.24) is 5.32 Å². The van der Waals surface area contributed by atoms with Crippen LogP contribution in [0.4, 0.5) is 0 Å². The van der Waals surface area contributed by atoms with Crippen molar-refractivity contribution in [1.29, 1.82) is 0 Å². The van der Waals surface area contributed by atoms with E-state index in [1.54, 1.807) is 0 Å². The van der Waals surface area contributed by atoms with E-state index >= 15 is 0 Å². The molecule has 1 unspecified atom stereocenters. The zero-order chi connectivity index (χ0) is 13.7. The van der Waals surface area contributed by atoms with Crippen LogP contribution < -0.4 is 10.1 Å². The van der Waals surface area contributed by atoms with Crippen molar-refractivity contribution in [2.75, 3.05) is 13.2 Å². The summed E-state index contributed by atoms with van der Waals surface area (Å²) in [5.41, 5.74) is 0.411. The van der Waals surface area contributed by atoms with E-state index in [-0.39, 0.29) is 11.3 Å². The van der Waals surface area contributed by atoms with Crippen LogP contribution in [-0.4, -0.2) is 24.5 Å². The zero-order valence-electron chi connectivity index (χ0n) is 11.9. The smallest absolute Gasteiger partial charge is 0.182 e. The topological polar surface area (TPSA) is 38.3 Å². The quantitative estimate of drug-likeness (QED) is 0.799. The lowest BCUT2D eigenvalue weighted by molar-refractivity contribution is 0.0857. The minimum atomic E-state index is -0.348. The van der Waals surface area contributed by atoms with Crippen LogP contribution in [0.3, 0.4) is 0 Å². The molecule has 1 aromatic rings. The Morgan fingerprint density at radius 3 is 2.89 bits per heavy atom. The molecule has 1 aliphatic heterocycles. The Kier molecular flexibility index (Phi) is 4.59. The molecule has 1 fully saturated rings. The van der Waals surface area contributed by atoms with Crippen LogP contribution in [0, 0.1) is 0 Å². The van der Waals surface area contributed by atoms with Crippen molar-refractivity contribution in [2.45, 2.75) is 45.1 Å². The largest absolute Gasteiger partial charge is 0.494 e. The molecule has 2 rings (SSSR count). The van der Waals surface area contributed by atoms with Crippen LogP contribution in [-0.2, 0) is 0 Å². The SMILES string of the molecule is CCCC1(C(=O)c2cccc(OCC)c2)CCCN1. The van der Waals surface area contributed by atoms with Crippen molar-refractivity contribution < 1.29 is 9.53 Å². The number of benzene rings is 1. The molecular weight excluding hydrogens is 238 g/mol. The number of carbonyl (C=O) groups excluding carboxylic acids is 1. The summed E-state index contributed by atoms with van der Waals surface area (Å²) in [6, 6.07) is 7.55. The maximum Gasteiger partial charge on any atom is 0.182 e. The van der Waals surface area contributed by atoms with Crippen LogP contribution in [0.1, 0.15) is 49.9 Å². The Morgan fingerprint density at radius 2 is 2.26 bits per heavy atom. The summed E-state index contributed by atoms with van der Waals surface area (Å²) in [6.07, 6.45) is 3.95. The first-order valence-corrected chi connectivity index (χ1v) is 7.24. The summed E-state index contributed by atoms with van der Waals surface area (Å²) in [6.45, 7) is 5.64. The lowest BCUT2D eigenvalue weighted by Crippen LogP contribution is -2.47. The van der Waals surface area contributed by atoms with Gasteiger partial charge in [0.1, 0.15) is 5.75 Å². The molecule has 3 nitrogen and oxygen atoms in total. The summed E-state index contributed by atoms with van der Waals surface area (Å²) < 4.78 is 5.48. The van der Waals surface area contributed by atoms with Gasteiger partial charge < -0.3 is 10.1 Å². The number of ketones is 1. The normalized spacial score (nSPS) is 22.4. The van der Waals surface area contributed by atoms with Crippen molar-refractivity contribution in [3.05, 3.63) is 29.8 Å². The van der Waals surface area contributed by atoms with E-state index in [9.17, 15) is 4.79 Å². The first-order valence-electron chi connectivity index (χ1n) is 7.24. The van der Waals surface area contributed by atoms with Gasteiger partial charge in [-0.1, -0.05) is 25.5 Å². The maximum absolute atomic E-state index is 12.8. The Balaban J connectivity index is 2.24. The first-order chi connectivity index (χ1) is 9.22. The van der Waals surface area contributed by atoms with Gasteiger partial charge in [-0.2, -0.15) is 0 Å². The molecule has 104 valence electrons. The summed E-state index contributed by atoms with van der Waals surface area (Å²) >= 11 is 0. The van der Waals surface area contributed by atoms with Gasteiger partial charge in [0, 0.05) is 5.56 Å². The second-order valence-corrected chi connectivity index (χ2v) is 5.15. The molecule has 3 heteroatoms. The standard InChI is InChI=1S/C16H23NO2/c1-3-9-16(10-6-11-17-16)15(18)13-7-5-8-14(12-13)19-4-2/h5,7-8,12,17H,3-4,6,9-11H2,1-2H3. The van der Waals surface area contributed by atoms with Gasteiger partial charge in [-0.25, -0.2) is 0 Å². The second-order valence-electron chi connectivity index (χ2n) is 5.15. The molecule has 0 saturated carbocycles. The highest BCUT2D eigenvalue weighted by molar-refractivity contribution is 6.03. The molecule has 1 N–H and O–H groups in total. The molecule has 1 atom stereocenters. The van der Waals surface area contributed by atoms with Crippen molar-refractivity contribution in [3.63, 3.8) is 0 Å². The maximum atomic E-state index is 12.8. The summed E-state index contributed by atoms with van der Waals surface area (Å²) in [5, 5.41) is 3.43. The van der Waals surface area contributed by atoms with Crippen LogP contribution in [0.15, 0.2) is 24.3 Å². The highest BCUT2D eigenvalue weighted by atomic mass is 16.5. The third-order valence-corrected chi connectivity index (χ3v) is 3.76. The lowest BCUT2D eigenvalue weighted by atomic mass is 9.84. The number of nitrogens with one attached hydrogen (secondary N) is 1. The monoisotopic (exact) mass is 261 g/mol. The average molecular weight is 261 g/mol. The number of ether oxygens (including phenoxy) is 1. The van der Waals surface area contributed by atoms with Crippen LogP contribution in [0.5, 0.6) is 5.75 Å². The van der Waals surface area contributed by atoms with E-state index in [4.69, 9.17) is 4.74 Å². The van der Waals surface area contributed by atoms with Gasteiger partial charge in [-0.15, -0.1) is 0 Å². The van der Waals surface area contributed by atoms with Crippen LogP contribution >= 0.6 is 0 Å². The zero-order valence-corrected chi connectivity index (χ0v) is 11.9. The molecule has 0 radical (unpaired) electrons. The van der Waals surface area contributed by atoms with Crippen LogP contribution in [0.2, 0.25) is 0 Å². The van der Waals surface area contributed by atoms with Crippen LogP contribution in [0.25, 0.3) is 0 Å². The van der Waals surface area contributed by atoms with E-state index in [1.165, 1.54) is 0 Å². The first kappa shape index (κ1) is 14.1. The number of Topliss-reactive ketones (excluding diaryl/α,β-unsaturated/α-hetero) is 1. The second kappa shape index (κ2) is 6.20. The van der Waals surface area contributed by atoms with E-state index in [0.717, 1.165) is 43.5 Å². The average Bonchev–Trinajstić information content (AvgIpc) is 2.89. The number of carbonyl (C=O) groups is 1. The van der Waals surface area contributed by atoms with E-state index in [0.29, 0.717) is 6.61 Å². The molecule has 19 heavy (non-hydrogen) atoms. The van der Waals surface area contributed by atoms with Gasteiger partial charge in [0.2, 0.25) is 0 Å². The van der Waals surface area contributed by atoms with Crippen molar-refractivity contribution >= 4 is 5.78 Å². The van der Waals surface area contributed by atoms with Gasteiger partial charge in [0.25, 0.3) is 0 Å². The van der Waals surface area contributed by atoms with Gasteiger partial charge in [0.15, 0.2) is 5.78 Å². The lowest BCUT2D eigenvalue weighted by Gasteiger charge is -2.27. The molecule has 1 heterocycles. The molecule has 0 bridgehead atoms. The highest BCUT2D eigenvalue weighted by Gasteiger charge is 2.40. The van der Waals surface area contributed by atoms with E-state index in [1.807, 2.05) is 31.2 Å². The minimum absolute atomic E-state index is 0.216. The fourth-order valence-electron chi connectivity index (χ4n) is 2.92. The Morgan fingerprint density at radius 1 is 1.42 bits per heavy atom. The third-order valence-electron chi connectivity index (χ3n) is 3.76. The fraction of sp³-hybridized carbons (Fsp3) is 0.562. The molecule has 0 spiro atoms. The Hall–Kier alpha value is -1.35. The summed E-state index contributed by atoms with van der Waals surface area (Å²) in [5.74, 6) is 0.992. The highest BCUT2D eigenvalue weighted by Crippen LogP contribution is 2.29. The molecular formula is C16H23NO2. The van der Waals surface area contributed by atoms with Gasteiger partial charge in [-0.3, -0.25) is 4.79 Å².